The highest BCUT2D eigenvalue weighted by atomic mass is 16.5. The Morgan fingerprint density at radius 1 is 1.29 bits per heavy atom. The van der Waals surface area contributed by atoms with Gasteiger partial charge in [-0.05, 0) is 24.5 Å². The van der Waals surface area contributed by atoms with Gasteiger partial charge in [-0.3, -0.25) is 19.3 Å². The number of anilines is 1. The molecule has 2 heterocycles. The van der Waals surface area contributed by atoms with Crippen LogP contribution < -0.4 is 9.64 Å². The van der Waals surface area contributed by atoms with Crippen LogP contribution in [0.1, 0.15) is 13.3 Å². The number of aliphatic carboxylic acids is 1. The van der Waals surface area contributed by atoms with Gasteiger partial charge in [-0.1, -0.05) is 19.1 Å². The first-order valence-electron chi connectivity index (χ1n) is 7.98. The van der Waals surface area contributed by atoms with E-state index in [0.717, 1.165) is 0 Å². The van der Waals surface area contributed by atoms with Crippen molar-refractivity contribution in [2.45, 2.75) is 13.3 Å². The molecule has 24 heavy (non-hydrogen) atoms. The van der Waals surface area contributed by atoms with E-state index < -0.39 is 11.9 Å². The molecule has 3 rings (SSSR count). The number of likely N-dealkylation sites (tertiary alicyclic amines) is 1. The van der Waals surface area contributed by atoms with Crippen LogP contribution >= 0.6 is 0 Å². The van der Waals surface area contributed by atoms with Crippen LogP contribution in [0, 0.1) is 11.8 Å². The molecular weight excluding hydrogens is 312 g/mol. The van der Waals surface area contributed by atoms with E-state index in [-0.39, 0.29) is 37.4 Å². The molecule has 7 nitrogen and oxygen atoms in total. The number of carbonyl (C=O) groups excluding carboxylic acids is 2. The molecule has 2 amide bonds. The van der Waals surface area contributed by atoms with E-state index in [1.807, 2.05) is 6.92 Å². The largest absolute Gasteiger partial charge is 0.482 e. The Morgan fingerprint density at radius 3 is 2.79 bits per heavy atom. The third kappa shape index (κ3) is 3.20. The third-order valence-corrected chi connectivity index (χ3v) is 4.46. The second kappa shape index (κ2) is 6.51. The summed E-state index contributed by atoms with van der Waals surface area (Å²) < 4.78 is 5.36. The summed E-state index contributed by atoms with van der Waals surface area (Å²) in [5, 5.41) is 9.23. The lowest BCUT2D eigenvalue weighted by Gasteiger charge is -2.36. The minimum atomic E-state index is -0.882. The number of benzene rings is 1. The highest BCUT2D eigenvalue weighted by molar-refractivity contribution is 6.02. The number of hydrogen-bond acceptors (Lipinski definition) is 4. The summed E-state index contributed by atoms with van der Waals surface area (Å²) in [6.07, 6.45) is 0.568. The molecule has 0 aromatic heterocycles. The van der Waals surface area contributed by atoms with Gasteiger partial charge in [-0.25, -0.2) is 0 Å². The van der Waals surface area contributed by atoms with Gasteiger partial charge >= 0.3 is 5.97 Å². The maximum atomic E-state index is 12.6. The molecule has 1 saturated heterocycles. The van der Waals surface area contributed by atoms with Crippen molar-refractivity contribution < 1.29 is 24.2 Å². The normalized spacial score (nSPS) is 23.5. The van der Waals surface area contributed by atoms with Crippen molar-refractivity contribution in [1.29, 1.82) is 0 Å². The number of piperidine rings is 1. The van der Waals surface area contributed by atoms with Crippen LogP contribution in [0.5, 0.6) is 5.75 Å². The maximum absolute atomic E-state index is 12.6. The van der Waals surface area contributed by atoms with Crippen molar-refractivity contribution in [2.24, 2.45) is 11.8 Å². The summed E-state index contributed by atoms with van der Waals surface area (Å²) >= 11 is 0. The van der Waals surface area contributed by atoms with Gasteiger partial charge in [0.05, 0.1) is 11.6 Å². The van der Waals surface area contributed by atoms with Crippen LogP contribution in [0.4, 0.5) is 5.69 Å². The molecule has 0 aliphatic carbocycles. The molecule has 7 heteroatoms. The van der Waals surface area contributed by atoms with Gasteiger partial charge < -0.3 is 14.7 Å². The average Bonchev–Trinajstić information content (AvgIpc) is 2.56. The monoisotopic (exact) mass is 332 g/mol. The van der Waals surface area contributed by atoms with Gasteiger partial charge in [0.1, 0.15) is 12.3 Å². The fourth-order valence-corrected chi connectivity index (χ4v) is 3.30. The lowest BCUT2D eigenvalue weighted by atomic mass is 9.90. The number of carboxylic acids is 1. The Bertz CT molecular complexity index is 675. The van der Waals surface area contributed by atoms with E-state index in [0.29, 0.717) is 24.4 Å². The summed E-state index contributed by atoms with van der Waals surface area (Å²) in [5.41, 5.74) is 0.571. The Morgan fingerprint density at radius 2 is 2.04 bits per heavy atom. The maximum Gasteiger partial charge on any atom is 0.308 e. The quantitative estimate of drug-likeness (QED) is 0.891. The smallest absolute Gasteiger partial charge is 0.308 e. The molecule has 2 unspecified atom stereocenters. The van der Waals surface area contributed by atoms with E-state index in [1.54, 1.807) is 29.2 Å². The van der Waals surface area contributed by atoms with Crippen molar-refractivity contribution >= 4 is 23.5 Å². The standard InChI is InChI=1S/C17H20N2O5/c1-11-6-12(17(22)23)8-18(7-11)15(20)9-19-13-4-2-3-5-14(13)24-10-16(19)21/h2-5,11-12H,6-10H2,1H3,(H,22,23). The highest BCUT2D eigenvalue weighted by Gasteiger charge is 2.34. The second-order valence-corrected chi connectivity index (χ2v) is 6.41. The lowest BCUT2D eigenvalue weighted by molar-refractivity contribution is -0.146. The number of fused-ring (bicyclic) bond motifs is 1. The zero-order valence-corrected chi connectivity index (χ0v) is 13.5. The van der Waals surface area contributed by atoms with Gasteiger partial charge in [-0.2, -0.15) is 0 Å². The topological polar surface area (TPSA) is 87.2 Å². The van der Waals surface area contributed by atoms with E-state index in [4.69, 9.17) is 4.74 Å². The summed E-state index contributed by atoms with van der Waals surface area (Å²) in [5.74, 6) is -1.26. The van der Waals surface area contributed by atoms with Crippen LogP contribution in [0.3, 0.4) is 0 Å². The molecule has 2 aliphatic rings. The van der Waals surface area contributed by atoms with Gasteiger partial charge in [0.2, 0.25) is 5.91 Å². The fourth-order valence-electron chi connectivity index (χ4n) is 3.30. The van der Waals surface area contributed by atoms with Crippen molar-refractivity contribution in [1.82, 2.24) is 4.90 Å². The van der Waals surface area contributed by atoms with Crippen molar-refractivity contribution in [3.05, 3.63) is 24.3 Å². The van der Waals surface area contributed by atoms with Crippen molar-refractivity contribution in [3.63, 3.8) is 0 Å². The fraction of sp³-hybridized carbons (Fsp3) is 0.471. The van der Waals surface area contributed by atoms with Crippen LogP contribution in [0.2, 0.25) is 0 Å². The number of carboxylic acid groups (broad SMARTS) is 1. The average molecular weight is 332 g/mol. The first-order valence-corrected chi connectivity index (χ1v) is 7.98. The highest BCUT2D eigenvalue weighted by Crippen LogP contribution is 2.31. The molecule has 1 fully saturated rings. The van der Waals surface area contributed by atoms with Gasteiger partial charge in [0.25, 0.3) is 5.91 Å². The number of rotatable bonds is 3. The molecule has 128 valence electrons. The van der Waals surface area contributed by atoms with Crippen LogP contribution in [-0.4, -0.2) is 54.0 Å². The molecular formula is C17H20N2O5. The lowest BCUT2D eigenvalue weighted by Crippen LogP contribution is -2.51. The Hall–Kier alpha value is -2.57. The molecule has 0 spiro atoms. The molecule has 0 bridgehead atoms. The van der Waals surface area contributed by atoms with E-state index >= 15 is 0 Å². The van der Waals surface area contributed by atoms with Gasteiger partial charge in [0.15, 0.2) is 6.61 Å². The molecule has 2 atom stereocenters. The SMILES string of the molecule is CC1CC(C(=O)O)CN(C(=O)CN2C(=O)COc3ccccc32)C1. The molecule has 1 N–H and O–H groups in total. The first-order chi connectivity index (χ1) is 11.5. The number of ether oxygens (including phenoxy) is 1. The van der Waals surface area contributed by atoms with E-state index in [2.05, 4.69) is 0 Å². The van der Waals surface area contributed by atoms with Crippen molar-refractivity contribution in [2.75, 3.05) is 31.1 Å². The Kier molecular flexibility index (Phi) is 4.42. The zero-order chi connectivity index (χ0) is 17.3. The summed E-state index contributed by atoms with van der Waals surface area (Å²) in [7, 11) is 0. The molecule has 2 aliphatic heterocycles. The van der Waals surface area contributed by atoms with Crippen LogP contribution in [-0.2, 0) is 14.4 Å². The minimum Gasteiger partial charge on any atom is -0.482 e. The summed E-state index contributed by atoms with van der Waals surface area (Å²) in [6, 6.07) is 7.07. The van der Waals surface area contributed by atoms with E-state index in [1.165, 1.54) is 4.90 Å². The molecule has 0 saturated carbocycles. The minimum absolute atomic E-state index is 0.0988. The Labute approximate surface area is 139 Å². The number of hydrogen-bond donors (Lipinski definition) is 1. The first kappa shape index (κ1) is 16.3. The molecule has 1 aromatic rings. The van der Waals surface area contributed by atoms with Crippen molar-refractivity contribution in [3.8, 4) is 5.75 Å². The van der Waals surface area contributed by atoms with E-state index in [9.17, 15) is 19.5 Å². The predicted molar refractivity (Wildman–Crippen MR) is 85.8 cm³/mol. The molecule has 1 aromatic carbocycles. The number of amides is 2. The number of nitrogens with zero attached hydrogens (tertiary/aromatic N) is 2. The number of para-hydroxylation sites is 2. The second-order valence-electron chi connectivity index (χ2n) is 6.41. The molecule has 0 radical (unpaired) electrons. The predicted octanol–water partition coefficient (Wildman–Crippen LogP) is 0.981. The summed E-state index contributed by atoms with van der Waals surface area (Å²) in [4.78, 5) is 39.0. The zero-order valence-electron chi connectivity index (χ0n) is 13.5. The van der Waals surface area contributed by atoms with Crippen LogP contribution in [0.15, 0.2) is 24.3 Å². The number of carbonyl (C=O) groups is 3. The van der Waals surface area contributed by atoms with Gasteiger partial charge in [-0.15, -0.1) is 0 Å². The summed E-state index contributed by atoms with van der Waals surface area (Å²) in [6.45, 7) is 2.45. The third-order valence-electron chi connectivity index (χ3n) is 4.46. The van der Waals surface area contributed by atoms with Gasteiger partial charge in [0, 0.05) is 13.1 Å². The van der Waals surface area contributed by atoms with Crippen LogP contribution in [0.25, 0.3) is 0 Å². The Balaban J connectivity index is 1.75.